The molecule has 0 saturated heterocycles. The van der Waals surface area contributed by atoms with Crippen LogP contribution >= 0.6 is 0 Å². The molecule has 2 heterocycles. The average molecular weight is 672 g/mol. The average Bonchev–Trinajstić information content (AvgIpc) is 3.50. The van der Waals surface area contributed by atoms with Crippen molar-refractivity contribution < 1.29 is 26.2 Å². The van der Waals surface area contributed by atoms with Gasteiger partial charge in [-0.05, 0) is 60.7 Å². The fraction of sp³-hybridized carbons (Fsp3) is 0.226. The maximum atomic E-state index is 10.8. The minimum atomic E-state index is 0. The van der Waals surface area contributed by atoms with Crippen molar-refractivity contribution in [3.05, 3.63) is 103 Å². The SMILES string of the molecule is CC(C)c1cccc(C(C)C)c1-n1cc(-c2[c-]c(N3C=CN(C)[CH-]3)ccc2)nc1-c1ccccc1O.[Pt+2]. The Labute approximate surface area is 234 Å². The second-order valence-electron chi connectivity index (χ2n) is 9.87. The van der Waals surface area contributed by atoms with Crippen LogP contribution in [-0.2, 0) is 21.1 Å². The minimum absolute atomic E-state index is 0. The molecule has 1 N–H and O–H groups in total. The van der Waals surface area contributed by atoms with Crippen molar-refractivity contribution in [2.24, 2.45) is 0 Å². The summed E-state index contributed by atoms with van der Waals surface area (Å²) in [5, 5.41) is 10.8. The standard InChI is InChI=1S/C31H32N4O.Pt/c1-21(2)25-13-9-14-26(22(3)4)30(25)35-19-28(32-31(35)27-12-6-7-15-29(27)36)23-10-8-11-24(18-23)34-17-16-33(5)20-34;/h6-17,19-22,36H,1-5H3;/q-2;+2. The van der Waals surface area contributed by atoms with Gasteiger partial charge in [0.1, 0.15) is 11.6 Å². The first kappa shape index (κ1) is 26.8. The molecule has 1 aromatic heterocycles. The number of aromatic nitrogens is 2. The maximum absolute atomic E-state index is 10.8. The van der Waals surface area contributed by atoms with Crippen LogP contribution in [0.1, 0.15) is 50.7 Å². The third-order valence-corrected chi connectivity index (χ3v) is 6.54. The summed E-state index contributed by atoms with van der Waals surface area (Å²) in [6, 6.07) is 23.6. The molecule has 37 heavy (non-hydrogen) atoms. The number of rotatable bonds is 6. The van der Waals surface area contributed by atoms with E-state index in [-0.39, 0.29) is 26.8 Å². The topological polar surface area (TPSA) is 44.5 Å². The summed E-state index contributed by atoms with van der Waals surface area (Å²) in [6.07, 6.45) is 6.09. The molecule has 4 aromatic rings. The first-order chi connectivity index (χ1) is 17.3. The van der Waals surface area contributed by atoms with Crippen LogP contribution in [0, 0.1) is 12.7 Å². The monoisotopic (exact) mass is 671 g/mol. The van der Waals surface area contributed by atoms with Crippen molar-refractivity contribution in [2.45, 2.75) is 39.5 Å². The molecule has 1 aliphatic heterocycles. The van der Waals surface area contributed by atoms with Gasteiger partial charge in [0.2, 0.25) is 0 Å². The number of phenols is 1. The van der Waals surface area contributed by atoms with Gasteiger partial charge >= 0.3 is 21.1 Å². The van der Waals surface area contributed by atoms with Crippen molar-refractivity contribution in [1.29, 1.82) is 0 Å². The summed E-state index contributed by atoms with van der Waals surface area (Å²) in [6.45, 7) is 10.9. The van der Waals surface area contributed by atoms with Gasteiger partial charge in [0.05, 0.1) is 11.3 Å². The van der Waals surface area contributed by atoms with Crippen molar-refractivity contribution in [3.8, 4) is 34.1 Å². The quantitative estimate of drug-likeness (QED) is 0.219. The molecule has 0 fully saturated rings. The smallest absolute Gasteiger partial charge is 0.510 e. The van der Waals surface area contributed by atoms with E-state index in [1.54, 1.807) is 6.07 Å². The zero-order valence-electron chi connectivity index (χ0n) is 21.8. The number of imidazole rings is 1. The Hall–Kier alpha value is -3.30. The van der Waals surface area contributed by atoms with E-state index in [0.717, 1.165) is 22.6 Å². The zero-order valence-corrected chi connectivity index (χ0v) is 24.1. The molecule has 0 spiro atoms. The fourth-order valence-electron chi connectivity index (χ4n) is 4.67. The van der Waals surface area contributed by atoms with Crippen LogP contribution in [0.4, 0.5) is 5.69 Å². The number of para-hydroxylation sites is 2. The minimum Gasteiger partial charge on any atom is -0.510 e. The molecule has 3 aromatic carbocycles. The van der Waals surface area contributed by atoms with Gasteiger partial charge in [-0.3, -0.25) is 4.98 Å². The summed E-state index contributed by atoms with van der Waals surface area (Å²) in [5.41, 5.74) is 6.97. The van der Waals surface area contributed by atoms with Crippen molar-refractivity contribution in [2.75, 3.05) is 11.9 Å². The van der Waals surface area contributed by atoms with Crippen LogP contribution in [-0.4, -0.2) is 26.6 Å². The summed E-state index contributed by atoms with van der Waals surface area (Å²) >= 11 is 0. The van der Waals surface area contributed by atoms with Crippen LogP contribution in [0.3, 0.4) is 0 Å². The van der Waals surface area contributed by atoms with Crippen molar-refractivity contribution in [1.82, 2.24) is 14.5 Å². The largest absolute Gasteiger partial charge is 2.00 e. The maximum Gasteiger partial charge on any atom is 2.00 e. The molecule has 0 amide bonds. The molecule has 0 bridgehead atoms. The predicted molar refractivity (Wildman–Crippen MR) is 147 cm³/mol. The molecule has 1 aliphatic rings. The Morgan fingerprint density at radius 2 is 1.54 bits per heavy atom. The van der Waals surface area contributed by atoms with Gasteiger partial charge in [0.15, 0.2) is 0 Å². The van der Waals surface area contributed by atoms with Crippen LogP contribution in [0.2, 0.25) is 0 Å². The van der Waals surface area contributed by atoms with Crippen LogP contribution in [0.5, 0.6) is 5.75 Å². The van der Waals surface area contributed by atoms with E-state index in [9.17, 15) is 5.11 Å². The summed E-state index contributed by atoms with van der Waals surface area (Å²) < 4.78 is 2.16. The molecule has 0 aliphatic carbocycles. The van der Waals surface area contributed by atoms with Gasteiger partial charge in [-0.15, -0.1) is 29.8 Å². The van der Waals surface area contributed by atoms with Crippen molar-refractivity contribution >= 4 is 5.69 Å². The molecule has 0 saturated carbocycles. The molecule has 6 heteroatoms. The Morgan fingerprint density at radius 3 is 2.16 bits per heavy atom. The Morgan fingerprint density at radius 1 is 0.865 bits per heavy atom. The molecule has 5 rings (SSSR count). The zero-order chi connectivity index (χ0) is 25.4. The third kappa shape index (κ3) is 5.24. The first-order valence-electron chi connectivity index (χ1n) is 12.4. The molecule has 0 atom stereocenters. The van der Waals surface area contributed by atoms with Gasteiger partial charge in [-0.1, -0.05) is 63.7 Å². The van der Waals surface area contributed by atoms with E-state index >= 15 is 0 Å². The Bertz CT molecular complexity index is 1400. The number of hydrogen-bond acceptors (Lipinski definition) is 4. The Balaban J connectivity index is 0.00000320. The third-order valence-electron chi connectivity index (χ3n) is 6.54. The van der Waals surface area contributed by atoms with Crippen molar-refractivity contribution in [3.63, 3.8) is 0 Å². The first-order valence-corrected chi connectivity index (χ1v) is 12.4. The fourth-order valence-corrected chi connectivity index (χ4v) is 4.67. The molecule has 0 unspecified atom stereocenters. The number of anilines is 1. The van der Waals surface area contributed by atoms with Gasteiger partial charge in [0, 0.05) is 5.69 Å². The van der Waals surface area contributed by atoms with Crippen LogP contribution in [0.15, 0.2) is 79.3 Å². The van der Waals surface area contributed by atoms with E-state index in [4.69, 9.17) is 4.98 Å². The number of nitrogens with zero attached hydrogens (tertiary/aromatic N) is 4. The second-order valence-corrected chi connectivity index (χ2v) is 9.87. The second kappa shape index (κ2) is 11.0. The number of hydrogen-bond donors (Lipinski definition) is 1. The molecule has 5 nitrogen and oxygen atoms in total. The van der Waals surface area contributed by atoms with E-state index in [0.29, 0.717) is 23.2 Å². The van der Waals surface area contributed by atoms with Gasteiger partial charge < -0.3 is 19.5 Å². The molecule has 0 radical (unpaired) electrons. The van der Waals surface area contributed by atoms with Gasteiger partial charge in [-0.2, -0.15) is 6.67 Å². The van der Waals surface area contributed by atoms with E-state index < -0.39 is 0 Å². The predicted octanol–water partition coefficient (Wildman–Crippen LogP) is 7.30. The summed E-state index contributed by atoms with van der Waals surface area (Å²) in [4.78, 5) is 9.12. The van der Waals surface area contributed by atoms with Gasteiger partial charge in [-0.25, -0.2) is 0 Å². The van der Waals surface area contributed by atoms with Crippen LogP contribution < -0.4 is 4.90 Å². The molecular weight excluding hydrogens is 639 g/mol. The number of phenolic OH excluding ortho intramolecular Hbond substituents is 1. The van der Waals surface area contributed by atoms with Gasteiger partial charge in [0.25, 0.3) is 0 Å². The number of aromatic hydroxyl groups is 1. The summed E-state index contributed by atoms with van der Waals surface area (Å²) in [5.74, 6) is 1.57. The van der Waals surface area contributed by atoms with E-state index in [1.165, 1.54) is 11.1 Å². The molecular formula is C31H32N4OPt. The van der Waals surface area contributed by atoms with E-state index in [2.05, 4.69) is 62.7 Å². The summed E-state index contributed by atoms with van der Waals surface area (Å²) in [7, 11) is 2.00. The number of benzene rings is 3. The van der Waals surface area contributed by atoms with Crippen LogP contribution in [0.25, 0.3) is 28.3 Å². The Kier molecular flexibility index (Phi) is 7.94. The normalized spacial score (nSPS) is 13.1. The van der Waals surface area contributed by atoms with E-state index in [1.807, 2.05) is 72.3 Å². The molecule has 192 valence electrons.